The molecule has 2 aromatic carbocycles. The molecule has 9 heteroatoms. The summed E-state index contributed by atoms with van der Waals surface area (Å²) < 4.78 is 0. The molecule has 6 rings (SSSR count). The van der Waals surface area contributed by atoms with Crippen molar-refractivity contribution in [2.24, 2.45) is 29.1 Å². The summed E-state index contributed by atoms with van der Waals surface area (Å²) in [5.41, 5.74) is 4.17. The van der Waals surface area contributed by atoms with Gasteiger partial charge in [-0.25, -0.2) is 0 Å². The number of ketones is 1. The number of Topliss-reactive ketones (excluding diaryl/α,β-unsaturated/α-hetero) is 1. The maximum Gasteiger partial charge on any atom is 0.254 e. The minimum atomic E-state index is -1.19. The van der Waals surface area contributed by atoms with Crippen LogP contribution in [-0.2, 0) is 14.4 Å². The van der Waals surface area contributed by atoms with Crippen molar-refractivity contribution in [3.63, 3.8) is 0 Å². The van der Waals surface area contributed by atoms with Gasteiger partial charge < -0.3 is 26.3 Å². The Bertz CT molecular complexity index is 1950. The Kier molecular flexibility index (Phi) is 11.4. The van der Waals surface area contributed by atoms with Crippen molar-refractivity contribution in [1.82, 2.24) is 20.9 Å². The highest BCUT2D eigenvalue weighted by Crippen LogP contribution is 2.55. The molecule has 1 spiro atoms. The van der Waals surface area contributed by atoms with Gasteiger partial charge in [-0.3, -0.25) is 19.2 Å². The third kappa shape index (κ3) is 7.75. The Balaban J connectivity index is 1.20. The molecule has 3 amide bonds. The van der Waals surface area contributed by atoms with Crippen LogP contribution >= 0.6 is 0 Å². The molecule has 0 bridgehead atoms. The van der Waals surface area contributed by atoms with Crippen LogP contribution in [0.25, 0.3) is 17.0 Å². The van der Waals surface area contributed by atoms with E-state index in [0.29, 0.717) is 23.6 Å². The van der Waals surface area contributed by atoms with E-state index in [2.05, 4.69) is 73.0 Å². The van der Waals surface area contributed by atoms with Crippen LogP contribution in [0.1, 0.15) is 96.0 Å². The topological polar surface area (TPSA) is 132 Å². The van der Waals surface area contributed by atoms with E-state index in [0.717, 1.165) is 42.1 Å². The van der Waals surface area contributed by atoms with Crippen LogP contribution in [0.15, 0.2) is 84.2 Å². The quantitative estimate of drug-likeness (QED) is 0.114. The fraction of sp³-hybridized carbons (Fsp3) is 0.455. The lowest BCUT2D eigenvalue weighted by Gasteiger charge is -2.45. The predicted octanol–water partition coefficient (Wildman–Crippen LogP) is 7.69. The number of carbonyl (C=O) groups is 4. The number of benzene rings is 2. The Morgan fingerprint density at radius 3 is 2.55 bits per heavy atom. The maximum atomic E-state index is 15.0. The second-order valence-electron chi connectivity index (χ2n) is 15.9. The molecule has 1 fully saturated rings. The van der Waals surface area contributed by atoms with Gasteiger partial charge in [0.05, 0.1) is 5.56 Å². The van der Waals surface area contributed by atoms with Crippen LogP contribution in [0.4, 0.5) is 5.69 Å². The molecule has 1 unspecified atom stereocenters. The van der Waals surface area contributed by atoms with Crippen LogP contribution in [-0.4, -0.2) is 46.6 Å². The second-order valence-corrected chi connectivity index (χ2v) is 15.9. The minimum absolute atomic E-state index is 0.0387. The van der Waals surface area contributed by atoms with E-state index in [-0.39, 0.29) is 53.9 Å². The molecular formula is C44H55N5O4. The molecule has 0 radical (unpaired) electrons. The molecule has 280 valence electrons. The molecule has 2 aliphatic carbocycles. The first kappa shape index (κ1) is 37.8. The zero-order valence-corrected chi connectivity index (χ0v) is 31.9. The highest BCUT2D eigenvalue weighted by atomic mass is 16.2. The predicted molar refractivity (Wildman–Crippen MR) is 212 cm³/mol. The smallest absolute Gasteiger partial charge is 0.254 e. The number of para-hydroxylation sites is 2. The number of H-pyrrole nitrogens is 1. The highest BCUT2D eigenvalue weighted by molar-refractivity contribution is 6.10. The highest BCUT2D eigenvalue weighted by Gasteiger charge is 2.65. The van der Waals surface area contributed by atoms with Crippen LogP contribution in [0, 0.1) is 29.1 Å². The Morgan fingerprint density at radius 2 is 1.75 bits per heavy atom. The van der Waals surface area contributed by atoms with Crippen LogP contribution in [0.3, 0.4) is 0 Å². The van der Waals surface area contributed by atoms with Crippen molar-refractivity contribution in [2.75, 3.05) is 5.32 Å². The Labute approximate surface area is 313 Å². The average Bonchev–Trinajstić information content (AvgIpc) is 3.66. The fourth-order valence-electron chi connectivity index (χ4n) is 8.94. The van der Waals surface area contributed by atoms with Crippen LogP contribution in [0.5, 0.6) is 0 Å². The summed E-state index contributed by atoms with van der Waals surface area (Å²) in [4.78, 5) is 59.2. The van der Waals surface area contributed by atoms with E-state index in [1.54, 1.807) is 25.3 Å². The summed E-state index contributed by atoms with van der Waals surface area (Å²) in [6.45, 7) is 12.4. The summed E-state index contributed by atoms with van der Waals surface area (Å²) in [5, 5.41) is 13.6. The van der Waals surface area contributed by atoms with Gasteiger partial charge in [-0.15, -0.1) is 0 Å². The van der Waals surface area contributed by atoms with Gasteiger partial charge in [0, 0.05) is 64.9 Å². The number of anilines is 1. The summed E-state index contributed by atoms with van der Waals surface area (Å²) in [6.07, 6.45) is 14.1. The van der Waals surface area contributed by atoms with Crippen molar-refractivity contribution in [3.05, 3.63) is 95.4 Å². The lowest BCUT2D eigenvalue weighted by atomic mass is 9.54. The zero-order chi connectivity index (χ0) is 37.9. The zero-order valence-electron chi connectivity index (χ0n) is 31.9. The molecule has 3 aliphatic rings. The number of carbonyl (C=O) groups excluding carboxylic acids is 4. The number of aromatic amines is 1. The molecule has 9 nitrogen and oxygen atoms in total. The monoisotopic (exact) mass is 717 g/mol. The van der Waals surface area contributed by atoms with Crippen LogP contribution < -0.4 is 21.3 Å². The number of aromatic nitrogens is 1. The van der Waals surface area contributed by atoms with Gasteiger partial charge in [-0.05, 0) is 82.6 Å². The molecule has 3 aromatic rings. The molecule has 5 N–H and O–H groups in total. The van der Waals surface area contributed by atoms with Gasteiger partial charge in [0.25, 0.3) is 5.91 Å². The van der Waals surface area contributed by atoms with Gasteiger partial charge in [0.2, 0.25) is 11.8 Å². The van der Waals surface area contributed by atoms with Crippen molar-refractivity contribution in [2.45, 2.75) is 98.2 Å². The third-order valence-electron chi connectivity index (χ3n) is 11.7. The second kappa shape index (κ2) is 16.0. The molecule has 1 saturated heterocycles. The van der Waals surface area contributed by atoms with Crippen molar-refractivity contribution < 1.29 is 19.2 Å². The van der Waals surface area contributed by atoms with Crippen molar-refractivity contribution in [1.29, 1.82) is 0 Å². The number of fused-ring (bicyclic) bond motifs is 1. The largest absolute Gasteiger partial charge is 0.381 e. The molecular weight excluding hydrogens is 663 g/mol. The van der Waals surface area contributed by atoms with E-state index in [1.807, 2.05) is 48.7 Å². The average molecular weight is 718 g/mol. The molecule has 53 heavy (non-hydrogen) atoms. The normalized spacial score (nSPS) is 26.9. The first-order valence-electron chi connectivity index (χ1n) is 19.3. The Hall–Kier alpha value is -4.92. The number of rotatable bonds is 9. The SMILES string of the molecule is CC1=C[C@H]2C=C(C)[C@@H](C)[C@H]3[C@H](CC(C)C)NC(=O)[C@@]23C(=O)CC(Nc2ccccc2C(=O)N[C@H](C)C(=O)N/C=C/c2c[nH]c3ccccc23)CCCC1. The van der Waals surface area contributed by atoms with E-state index in [4.69, 9.17) is 0 Å². The molecule has 1 aromatic heterocycles. The number of amides is 3. The molecule has 2 heterocycles. The van der Waals surface area contributed by atoms with Gasteiger partial charge in [0.1, 0.15) is 11.5 Å². The number of allylic oxidation sites excluding steroid dienone is 4. The van der Waals surface area contributed by atoms with Crippen molar-refractivity contribution >= 4 is 46.2 Å². The van der Waals surface area contributed by atoms with Crippen LogP contribution in [0.2, 0.25) is 0 Å². The van der Waals surface area contributed by atoms with E-state index in [9.17, 15) is 19.2 Å². The standard InChI is InChI=1S/C44H55N5O4/c1-26(2)21-38-40-29(5)28(4)23-32-22-27(3)13-7-8-14-33(24-39(50)44(32,40)43(53)49-38)48-37-18-12-10-16-35(37)42(52)47-30(6)41(51)45-20-19-31-25-46-36-17-11-9-15-34(31)36/h9-12,15-20,22-23,25-26,29-30,32-33,38,40,46,48H,7-8,13-14,21,24H2,1-6H3,(H,45,51)(H,47,52)(H,49,53)/b20-19+,27-22?/t29-,30-,32+,33?,38+,40+,44-/m1/s1. The Morgan fingerprint density at radius 1 is 1.00 bits per heavy atom. The fourth-order valence-corrected chi connectivity index (χ4v) is 8.94. The summed E-state index contributed by atoms with van der Waals surface area (Å²) in [6, 6.07) is 13.9. The third-order valence-corrected chi connectivity index (χ3v) is 11.7. The summed E-state index contributed by atoms with van der Waals surface area (Å²) in [7, 11) is 0. The van der Waals surface area contributed by atoms with E-state index >= 15 is 0 Å². The van der Waals surface area contributed by atoms with Gasteiger partial charge in [-0.2, -0.15) is 0 Å². The number of hydrogen-bond donors (Lipinski definition) is 5. The molecule has 1 aliphatic heterocycles. The first-order chi connectivity index (χ1) is 25.4. The molecule has 0 saturated carbocycles. The maximum absolute atomic E-state index is 15.0. The van der Waals surface area contributed by atoms with Crippen molar-refractivity contribution in [3.8, 4) is 0 Å². The van der Waals surface area contributed by atoms with E-state index in [1.165, 1.54) is 11.1 Å². The lowest BCUT2D eigenvalue weighted by molar-refractivity contribution is -0.145. The number of nitrogens with one attached hydrogen (secondary N) is 5. The van der Waals surface area contributed by atoms with Gasteiger partial charge >= 0.3 is 0 Å². The first-order valence-corrected chi connectivity index (χ1v) is 19.3. The van der Waals surface area contributed by atoms with Gasteiger partial charge in [-0.1, -0.05) is 80.8 Å². The number of hydrogen-bond acceptors (Lipinski definition) is 5. The minimum Gasteiger partial charge on any atom is -0.381 e. The van der Waals surface area contributed by atoms with Gasteiger partial charge in [0.15, 0.2) is 5.78 Å². The van der Waals surface area contributed by atoms with E-state index < -0.39 is 17.4 Å². The molecule has 7 atom stereocenters. The summed E-state index contributed by atoms with van der Waals surface area (Å²) >= 11 is 0. The summed E-state index contributed by atoms with van der Waals surface area (Å²) in [5.74, 6) is -0.939. The lowest BCUT2D eigenvalue weighted by Crippen LogP contribution is -2.53.